The third kappa shape index (κ3) is 4.23. The number of carboxylic acid groups (broad SMARTS) is 1. The molecule has 0 aliphatic heterocycles. The van der Waals surface area contributed by atoms with Crippen molar-refractivity contribution in [2.75, 3.05) is 0 Å². The third-order valence-corrected chi connectivity index (χ3v) is 3.93. The van der Waals surface area contributed by atoms with Gasteiger partial charge in [0, 0.05) is 0 Å². The first-order valence-electron chi connectivity index (χ1n) is 6.34. The van der Waals surface area contributed by atoms with E-state index >= 15 is 0 Å². The Bertz CT molecular complexity index is 195. The van der Waals surface area contributed by atoms with Crippen LogP contribution in [0.1, 0.15) is 58.8 Å². The molecule has 0 aromatic heterocycles. The Labute approximate surface area is 93.1 Å². The minimum absolute atomic E-state index is 0.170. The second-order valence-corrected chi connectivity index (χ2v) is 5.19. The van der Waals surface area contributed by atoms with E-state index in [4.69, 9.17) is 5.11 Å². The van der Waals surface area contributed by atoms with Gasteiger partial charge in [-0.05, 0) is 24.7 Å². The van der Waals surface area contributed by atoms with Crippen molar-refractivity contribution in [3.8, 4) is 0 Å². The lowest BCUT2D eigenvalue weighted by molar-refractivity contribution is -0.141. The van der Waals surface area contributed by atoms with Gasteiger partial charge < -0.3 is 5.11 Å². The summed E-state index contributed by atoms with van der Waals surface area (Å²) in [7, 11) is 0. The summed E-state index contributed by atoms with van der Waals surface area (Å²) in [6.07, 6.45) is 8.80. The molecule has 2 atom stereocenters. The highest BCUT2D eigenvalue weighted by Crippen LogP contribution is 2.32. The highest BCUT2D eigenvalue weighted by atomic mass is 16.4. The Morgan fingerprint density at radius 1 is 1.20 bits per heavy atom. The van der Waals surface area contributed by atoms with E-state index in [2.05, 4.69) is 6.92 Å². The van der Waals surface area contributed by atoms with Crippen LogP contribution in [0.3, 0.4) is 0 Å². The van der Waals surface area contributed by atoms with E-state index in [0.29, 0.717) is 5.92 Å². The fourth-order valence-electron chi connectivity index (χ4n) is 2.58. The predicted molar refractivity (Wildman–Crippen MR) is 61.8 cm³/mol. The molecule has 0 aromatic carbocycles. The molecule has 1 aliphatic rings. The highest BCUT2D eigenvalue weighted by Gasteiger charge is 2.21. The van der Waals surface area contributed by atoms with E-state index in [9.17, 15) is 4.79 Å². The monoisotopic (exact) mass is 212 g/mol. The first-order chi connectivity index (χ1) is 7.11. The smallest absolute Gasteiger partial charge is 0.306 e. The second kappa shape index (κ2) is 6.14. The molecule has 88 valence electrons. The molecule has 2 nitrogen and oxygen atoms in total. The molecule has 2 heteroatoms. The van der Waals surface area contributed by atoms with Crippen LogP contribution < -0.4 is 0 Å². The number of carboxylic acids is 1. The Kier molecular flexibility index (Phi) is 5.13. The fraction of sp³-hybridized carbons (Fsp3) is 0.923. The van der Waals surface area contributed by atoms with Gasteiger partial charge in [0.25, 0.3) is 0 Å². The molecule has 0 radical (unpaired) electrons. The minimum atomic E-state index is -0.647. The number of hydrogen-bond donors (Lipinski definition) is 1. The van der Waals surface area contributed by atoms with Crippen molar-refractivity contribution >= 4 is 5.97 Å². The molecule has 1 fully saturated rings. The summed E-state index contributed by atoms with van der Waals surface area (Å²) in [4.78, 5) is 10.7. The average molecular weight is 212 g/mol. The van der Waals surface area contributed by atoms with E-state index < -0.39 is 5.97 Å². The summed E-state index contributed by atoms with van der Waals surface area (Å²) in [6, 6.07) is 0. The summed E-state index contributed by atoms with van der Waals surface area (Å²) in [5.41, 5.74) is 0. The van der Waals surface area contributed by atoms with Gasteiger partial charge in [0.2, 0.25) is 0 Å². The molecule has 0 amide bonds. The van der Waals surface area contributed by atoms with Crippen molar-refractivity contribution in [1.82, 2.24) is 0 Å². The molecule has 15 heavy (non-hydrogen) atoms. The largest absolute Gasteiger partial charge is 0.481 e. The topological polar surface area (TPSA) is 37.3 Å². The van der Waals surface area contributed by atoms with Gasteiger partial charge in [-0.2, -0.15) is 0 Å². The molecule has 0 saturated heterocycles. The van der Waals surface area contributed by atoms with Crippen LogP contribution in [-0.4, -0.2) is 11.1 Å². The van der Waals surface area contributed by atoms with Gasteiger partial charge in [-0.25, -0.2) is 0 Å². The summed E-state index contributed by atoms with van der Waals surface area (Å²) in [6.45, 7) is 4.11. The van der Waals surface area contributed by atoms with E-state index in [1.807, 2.05) is 6.92 Å². The zero-order valence-electron chi connectivity index (χ0n) is 10.0. The maximum atomic E-state index is 10.7. The van der Waals surface area contributed by atoms with Crippen LogP contribution in [0.4, 0.5) is 0 Å². The highest BCUT2D eigenvalue weighted by molar-refractivity contribution is 5.69. The van der Waals surface area contributed by atoms with Crippen molar-refractivity contribution < 1.29 is 9.90 Å². The molecule has 0 aromatic rings. The maximum absolute atomic E-state index is 10.7. The van der Waals surface area contributed by atoms with E-state index in [1.54, 1.807) is 0 Å². The van der Waals surface area contributed by atoms with Gasteiger partial charge in [0.15, 0.2) is 0 Å². The third-order valence-electron chi connectivity index (χ3n) is 3.93. The number of hydrogen-bond acceptors (Lipinski definition) is 1. The molecule has 0 heterocycles. The molecular formula is C13H24O2. The fourth-order valence-corrected chi connectivity index (χ4v) is 2.58. The quantitative estimate of drug-likeness (QED) is 0.754. The van der Waals surface area contributed by atoms with Crippen LogP contribution in [0.5, 0.6) is 0 Å². The van der Waals surface area contributed by atoms with Gasteiger partial charge >= 0.3 is 5.97 Å². The Morgan fingerprint density at radius 3 is 2.33 bits per heavy atom. The van der Waals surface area contributed by atoms with Gasteiger partial charge in [-0.1, -0.05) is 46.0 Å². The molecule has 0 spiro atoms. The summed E-state index contributed by atoms with van der Waals surface area (Å²) < 4.78 is 0. The first kappa shape index (κ1) is 12.5. The SMILES string of the molecule is CC(CCC(C)C1CCCCC1)C(=O)O. The normalized spacial score (nSPS) is 22.3. The van der Waals surface area contributed by atoms with Crippen molar-refractivity contribution in [2.24, 2.45) is 17.8 Å². The molecule has 1 aliphatic carbocycles. The van der Waals surface area contributed by atoms with Crippen LogP contribution in [0, 0.1) is 17.8 Å². The van der Waals surface area contributed by atoms with E-state index in [0.717, 1.165) is 18.8 Å². The summed E-state index contributed by atoms with van der Waals surface area (Å²) in [5.74, 6) is 0.758. The van der Waals surface area contributed by atoms with Crippen molar-refractivity contribution in [2.45, 2.75) is 58.8 Å². The number of carbonyl (C=O) groups is 1. The van der Waals surface area contributed by atoms with Crippen LogP contribution in [0.2, 0.25) is 0 Å². The molecule has 1 saturated carbocycles. The van der Waals surface area contributed by atoms with E-state index in [-0.39, 0.29) is 5.92 Å². The van der Waals surface area contributed by atoms with Crippen LogP contribution in [0.15, 0.2) is 0 Å². The Hall–Kier alpha value is -0.530. The minimum Gasteiger partial charge on any atom is -0.481 e. The Morgan fingerprint density at radius 2 is 1.80 bits per heavy atom. The number of aliphatic carboxylic acids is 1. The van der Waals surface area contributed by atoms with Gasteiger partial charge in [0.05, 0.1) is 5.92 Å². The molecular weight excluding hydrogens is 188 g/mol. The predicted octanol–water partition coefficient (Wildman–Crippen LogP) is 3.70. The van der Waals surface area contributed by atoms with Crippen LogP contribution in [-0.2, 0) is 4.79 Å². The lowest BCUT2D eigenvalue weighted by Crippen LogP contribution is -2.17. The Balaban J connectivity index is 2.22. The van der Waals surface area contributed by atoms with Gasteiger partial charge in [-0.15, -0.1) is 0 Å². The van der Waals surface area contributed by atoms with Crippen molar-refractivity contribution in [3.63, 3.8) is 0 Å². The average Bonchev–Trinajstić information content (AvgIpc) is 2.26. The zero-order chi connectivity index (χ0) is 11.3. The standard InChI is InChI=1S/C13H24O2/c1-10(8-9-11(2)13(14)15)12-6-4-3-5-7-12/h10-12H,3-9H2,1-2H3,(H,14,15). The molecule has 2 unspecified atom stereocenters. The van der Waals surface area contributed by atoms with Crippen LogP contribution in [0.25, 0.3) is 0 Å². The lowest BCUT2D eigenvalue weighted by Gasteiger charge is -2.28. The lowest BCUT2D eigenvalue weighted by atomic mass is 9.78. The van der Waals surface area contributed by atoms with Crippen molar-refractivity contribution in [1.29, 1.82) is 0 Å². The second-order valence-electron chi connectivity index (χ2n) is 5.19. The zero-order valence-corrected chi connectivity index (χ0v) is 10.0. The first-order valence-corrected chi connectivity index (χ1v) is 6.34. The number of rotatable bonds is 5. The van der Waals surface area contributed by atoms with Crippen LogP contribution >= 0.6 is 0 Å². The van der Waals surface area contributed by atoms with Crippen molar-refractivity contribution in [3.05, 3.63) is 0 Å². The molecule has 0 bridgehead atoms. The summed E-state index contributed by atoms with van der Waals surface area (Å²) >= 11 is 0. The maximum Gasteiger partial charge on any atom is 0.306 e. The van der Waals surface area contributed by atoms with Gasteiger partial charge in [-0.3, -0.25) is 4.79 Å². The van der Waals surface area contributed by atoms with E-state index in [1.165, 1.54) is 32.1 Å². The molecule has 1 N–H and O–H groups in total. The summed E-state index contributed by atoms with van der Waals surface area (Å²) in [5, 5.41) is 8.81. The van der Waals surface area contributed by atoms with Gasteiger partial charge in [0.1, 0.15) is 0 Å². The molecule has 1 rings (SSSR count).